The molecule has 2 saturated heterocycles. The zero-order valence-electron chi connectivity index (χ0n) is 34.5. The molecule has 2 aromatic carbocycles. The number of methoxy groups -OCH3 is 1. The van der Waals surface area contributed by atoms with Crippen LogP contribution in [0.1, 0.15) is 41.2 Å². The Morgan fingerprint density at radius 3 is 2.68 bits per heavy atom. The number of rotatable bonds is 10. The number of furan rings is 1. The van der Waals surface area contributed by atoms with E-state index in [0.717, 1.165) is 80.4 Å². The molecule has 2 fully saturated rings. The molecule has 8 heterocycles. The minimum atomic E-state index is -0.383. The lowest BCUT2D eigenvalue weighted by Crippen LogP contribution is -2.47. The highest BCUT2D eigenvalue weighted by Crippen LogP contribution is 2.39. The van der Waals surface area contributed by atoms with E-state index < -0.39 is 0 Å². The van der Waals surface area contributed by atoms with E-state index in [1.54, 1.807) is 43.1 Å². The Morgan fingerprint density at radius 2 is 1.81 bits per heavy atom. The standard InChI is InChI=1S/C47H47N9O5S/c1-28-24-50-26-36(44(28)55-17-14-48-15-18-55)54-47(58)45-32(23-41(61-45)43-22-29-6-3-4-9-42(29)62-43)37-27-56(19-16-51-37)38-12-13-49-25-35(38)53-46(57)40-8-5-7-39(60-40)34-21-30-20-31(59-2)10-11-33(30)52-34/h3-4,6-13,20-23,25-26,28,37,48,51-52H,5,14-19,24,27H2,1-2H3,(H,53,57)(H,54,58). The fourth-order valence-electron chi connectivity index (χ4n) is 8.72. The summed E-state index contributed by atoms with van der Waals surface area (Å²) in [5, 5.41) is 15.5. The fourth-order valence-corrected chi connectivity index (χ4v) is 9.73. The van der Waals surface area contributed by atoms with E-state index >= 15 is 0 Å². The number of hydrogen-bond donors (Lipinski definition) is 5. The summed E-state index contributed by atoms with van der Waals surface area (Å²) < 4.78 is 19.3. The fraction of sp³-hybridized carbons (Fsp3) is 0.277. The molecule has 0 radical (unpaired) electrons. The van der Waals surface area contributed by atoms with Crippen LogP contribution >= 0.6 is 11.3 Å². The molecule has 15 heteroatoms. The molecule has 4 aromatic heterocycles. The lowest BCUT2D eigenvalue weighted by atomic mass is 10.0. The second-order valence-electron chi connectivity index (χ2n) is 15.8. The van der Waals surface area contributed by atoms with Gasteiger partial charge in [0.15, 0.2) is 11.5 Å². The summed E-state index contributed by atoms with van der Waals surface area (Å²) in [6.07, 6.45) is 9.40. The van der Waals surface area contributed by atoms with Gasteiger partial charge in [0.1, 0.15) is 17.3 Å². The number of aromatic nitrogens is 2. The van der Waals surface area contributed by atoms with Gasteiger partial charge < -0.3 is 49.9 Å². The number of dihydropyridines is 1. The van der Waals surface area contributed by atoms with Crippen molar-refractivity contribution in [2.75, 3.05) is 69.7 Å². The molecule has 4 aliphatic rings. The Kier molecular flexibility index (Phi) is 10.8. The van der Waals surface area contributed by atoms with Gasteiger partial charge in [-0.15, -0.1) is 11.3 Å². The van der Waals surface area contributed by atoms with Crippen molar-refractivity contribution in [2.24, 2.45) is 10.9 Å². The molecule has 0 saturated carbocycles. The first-order valence-electron chi connectivity index (χ1n) is 21.0. The molecule has 4 aliphatic heterocycles. The number of piperazine rings is 2. The Labute approximate surface area is 362 Å². The summed E-state index contributed by atoms with van der Waals surface area (Å²) in [5.41, 5.74) is 5.60. The molecule has 62 heavy (non-hydrogen) atoms. The molecule has 2 atom stereocenters. The molecule has 10 rings (SSSR count). The number of ether oxygens (including phenoxy) is 2. The van der Waals surface area contributed by atoms with Crippen LogP contribution in [0.15, 0.2) is 118 Å². The first-order chi connectivity index (χ1) is 30.4. The molecule has 0 aliphatic carbocycles. The topological polar surface area (TPSA) is 161 Å². The maximum Gasteiger partial charge on any atom is 0.291 e. The number of benzene rings is 2. The summed E-state index contributed by atoms with van der Waals surface area (Å²) in [7, 11) is 1.64. The summed E-state index contributed by atoms with van der Waals surface area (Å²) in [6.45, 7) is 8.07. The van der Waals surface area contributed by atoms with Gasteiger partial charge in [-0.2, -0.15) is 0 Å². The quantitative estimate of drug-likeness (QED) is 0.0967. The van der Waals surface area contributed by atoms with Gasteiger partial charge in [-0.1, -0.05) is 25.1 Å². The molecule has 2 unspecified atom stereocenters. The van der Waals surface area contributed by atoms with Crippen molar-refractivity contribution in [3.05, 3.63) is 125 Å². The van der Waals surface area contributed by atoms with Gasteiger partial charge in [-0.3, -0.25) is 19.6 Å². The monoisotopic (exact) mass is 849 g/mol. The third-order valence-electron chi connectivity index (χ3n) is 11.8. The number of nitrogens with zero attached hydrogens (tertiary/aromatic N) is 4. The molecular weight excluding hydrogens is 803 g/mol. The van der Waals surface area contributed by atoms with Gasteiger partial charge in [0.05, 0.1) is 47.0 Å². The molecule has 316 valence electrons. The Balaban J connectivity index is 0.908. The highest BCUT2D eigenvalue weighted by Gasteiger charge is 2.33. The third-order valence-corrected chi connectivity index (χ3v) is 12.9. The van der Waals surface area contributed by atoms with Crippen LogP contribution < -0.4 is 30.9 Å². The number of anilines is 2. The van der Waals surface area contributed by atoms with Gasteiger partial charge in [0.2, 0.25) is 0 Å². The SMILES string of the molecule is COc1ccc2[nH]c(C3=CCC=C(C(=O)Nc4cnccc4N4CCNC(c5cc(-c6cc7ccccc7s6)oc5C(=O)NC5=C(N6CCNCC6)C(C)CN=C5)C4)O3)cc2c1. The molecule has 6 aromatic rings. The van der Waals surface area contributed by atoms with E-state index in [4.69, 9.17) is 13.9 Å². The van der Waals surface area contributed by atoms with Gasteiger partial charge in [0, 0.05) is 97.6 Å². The first kappa shape index (κ1) is 39.5. The molecule has 2 amide bonds. The van der Waals surface area contributed by atoms with E-state index in [1.165, 1.54) is 0 Å². The normalized spacial score (nSPS) is 19.3. The maximum absolute atomic E-state index is 14.5. The Bertz CT molecular complexity index is 2780. The van der Waals surface area contributed by atoms with Crippen LogP contribution in [-0.4, -0.2) is 92.4 Å². The number of allylic oxidation sites excluding steroid dienone is 3. The average Bonchev–Trinajstić information content (AvgIpc) is 4.07. The number of pyridine rings is 1. The number of carbonyl (C=O) groups excluding carboxylic acids is 2. The second kappa shape index (κ2) is 17.0. The van der Waals surface area contributed by atoms with Gasteiger partial charge in [0.25, 0.3) is 11.8 Å². The van der Waals surface area contributed by atoms with E-state index in [1.807, 2.05) is 54.6 Å². The molecule has 14 nitrogen and oxygen atoms in total. The van der Waals surface area contributed by atoms with Crippen molar-refractivity contribution < 1.29 is 23.5 Å². The highest BCUT2D eigenvalue weighted by molar-refractivity contribution is 7.22. The number of aromatic amines is 1. The number of hydrogen-bond acceptors (Lipinski definition) is 12. The van der Waals surface area contributed by atoms with Gasteiger partial charge in [-0.25, -0.2) is 0 Å². The largest absolute Gasteiger partial charge is 0.497 e. The second-order valence-corrected chi connectivity index (χ2v) is 16.9. The number of fused-ring (bicyclic) bond motifs is 2. The van der Waals surface area contributed by atoms with Crippen LogP contribution in [-0.2, 0) is 9.53 Å². The van der Waals surface area contributed by atoms with Crippen molar-refractivity contribution in [2.45, 2.75) is 19.4 Å². The van der Waals surface area contributed by atoms with Crippen molar-refractivity contribution in [1.29, 1.82) is 0 Å². The van der Waals surface area contributed by atoms with Crippen LogP contribution in [0.5, 0.6) is 5.75 Å². The summed E-state index contributed by atoms with van der Waals surface area (Å²) in [6, 6.07) is 21.7. The summed E-state index contributed by atoms with van der Waals surface area (Å²) in [4.78, 5) is 46.3. The predicted molar refractivity (Wildman–Crippen MR) is 243 cm³/mol. The first-order valence-corrected chi connectivity index (χ1v) is 21.8. The van der Waals surface area contributed by atoms with E-state index in [0.29, 0.717) is 55.5 Å². The summed E-state index contributed by atoms with van der Waals surface area (Å²) in [5.74, 6) is 1.85. The zero-order chi connectivity index (χ0) is 42.2. The molecule has 5 N–H and O–H groups in total. The smallest absolute Gasteiger partial charge is 0.291 e. The van der Waals surface area contributed by atoms with Crippen molar-refractivity contribution in [3.63, 3.8) is 0 Å². The van der Waals surface area contributed by atoms with Gasteiger partial charge >= 0.3 is 0 Å². The van der Waals surface area contributed by atoms with Crippen molar-refractivity contribution in [1.82, 2.24) is 30.8 Å². The van der Waals surface area contributed by atoms with Crippen LogP contribution in [0.2, 0.25) is 0 Å². The van der Waals surface area contributed by atoms with Crippen LogP contribution in [0.4, 0.5) is 11.4 Å². The van der Waals surface area contributed by atoms with Crippen molar-refractivity contribution >= 4 is 67.5 Å². The maximum atomic E-state index is 14.5. The van der Waals surface area contributed by atoms with Crippen molar-refractivity contribution in [3.8, 4) is 16.4 Å². The molecule has 0 spiro atoms. The van der Waals surface area contributed by atoms with Crippen LogP contribution in [0.3, 0.4) is 0 Å². The number of amides is 2. The van der Waals surface area contributed by atoms with E-state index in [2.05, 4.69) is 71.2 Å². The van der Waals surface area contributed by atoms with E-state index in [-0.39, 0.29) is 35.3 Å². The minimum absolute atomic E-state index is 0.159. The summed E-state index contributed by atoms with van der Waals surface area (Å²) >= 11 is 1.63. The number of H-pyrrole nitrogens is 1. The van der Waals surface area contributed by atoms with E-state index in [9.17, 15) is 9.59 Å². The predicted octanol–water partition coefficient (Wildman–Crippen LogP) is 7.05. The number of thiophene rings is 1. The molecule has 0 bridgehead atoms. The highest BCUT2D eigenvalue weighted by atomic mass is 32.1. The lowest BCUT2D eigenvalue weighted by molar-refractivity contribution is -0.115. The van der Waals surface area contributed by atoms with Crippen LogP contribution in [0.25, 0.3) is 37.4 Å². The zero-order valence-corrected chi connectivity index (χ0v) is 35.3. The Morgan fingerprint density at radius 1 is 0.935 bits per heavy atom. The Hall–Kier alpha value is -6.68. The number of nitrogens with one attached hydrogen (secondary N) is 5. The average molecular weight is 850 g/mol. The van der Waals surface area contributed by atoms with Gasteiger partial charge in [-0.05, 0) is 72.5 Å². The third kappa shape index (κ3) is 7.85. The lowest BCUT2D eigenvalue weighted by Gasteiger charge is -2.37. The minimum Gasteiger partial charge on any atom is -0.497 e. The number of carbonyl (C=O) groups is 2. The molecular formula is C47H47N9O5S. The number of aliphatic imine (C=N–C) groups is 1. The van der Waals surface area contributed by atoms with Crippen LogP contribution in [0, 0.1) is 5.92 Å².